The van der Waals surface area contributed by atoms with Crippen LogP contribution in [0, 0.1) is 5.92 Å². The van der Waals surface area contributed by atoms with E-state index in [0.717, 1.165) is 25.0 Å². The summed E-state index contributed by atoms with van der Waals surface area (Å²) in [5.41, 5.74) is 5.10. The number of primary amides is 1. The smallest absolute Gasteiger partial charge is 0.217 e. The summed E-state index contributed by atoms with van der Waals surface area (Å²) in [6.45, 7) is 4.30. The largest absolute Gasteiger partial charge is 0.497 e. The van der Waals surface area contributed by atoms with Gasteiger partial charge in [0.25, 0.3) is 0 Å². The lowest BCUT2D eigenvalue weighted by atomic mass is 10.1. The molecule has 0 unspecified atom stereocenters. The summed E-state index contributed by atoms with van der Waals surface area (Å²) < 4.78 is 5.30. The average Bonchev–Trinajstić information content (AvgIpc) is 2.42. The molecule has 0 saturated heterocycles. The van der Waals surface area contributed by atoms with E-state index in [9.17, 15) is 4.79 Å². The monoisotopic (exact) mass is 295 g/mol. The molecular formula is C18H33NO2. The molecule has 0 atom stereocenters. The zero-order valence-electron chi connectivity index (χ0n) is 14.1. The van der Waals surface area contributed by atoms with Crippen molar-refractivity contribution in [3.8, 4) is 0 Å². The van der Waals surface area contributed by atoms with E-state index in [4.69, 9.17) is 10.5 Å². The van der Waals surface area contributed by atoms with Crippen LogP contribution in [0.3, 0.4) is 0 Å². The molecule has 1 amide bonds. The van der Waals surface area contributed by atoms with Gasteiger partial charge in [0.05, 0.1) is 7.11 Å². The zero-order valence-corrected chi connectivity index (χ0v) is 14.1. The molecule has 0 saturated carbocycles. The number of rotatable bonds is 13. The highest BCUT2D eigenvalue weighted by atomic mass is 16.5. The van der Waals surface area contributed by atoms with Crippen LogP contribution in [0.15, 0.2) is 24.0 Å². The molecule has 0 radical (unpaired) electrons. The summed E-state index contributed by atoms with van der Waals surface area (Å²) in [5, 5.41) is 0. The third-order valence-electron chi connectivity index (χ3n) is 3.31. The van der Waals surface area contributed by atoms with Gasteiger partial charge in [-0.1, -0.05) is 52.0 Å². The minimum atomic E-state index is -0.177. The van der Waals surface area contributed by atoms with Gasteiger partial charge in [-0.25, -0.2) is 0 Å². The van der Waals surface area contributed by atoms with Crippen molar-refractivity contribution in [2.45, 2.75) is 71.6 Å². The number of allylic oxidation sites excluding steroid dienone is 3. The SMILES string of the molecule is COC(/C=C\CCCCCCCCCC(N)=O)=C/C(C)C. The Bertz CT molecular complexity index is 319. The van der Waals surface area contributed by atoms with Gasteiger partial charge in [0.2, 0.25) is 5.91 Å². The van der Waals surface area contributed by atoms with Crippen LogP contribution >= 0.6 is 0 Å². The molecule has 3 heteroatoms. The number of hydrogen-bond acceptors (Lipinski definition) is 2. The van der Waals surface area contributed by atoms with Gasteiger partial charge in [-0.3, -0.25) is 4.79 Å². The summed E-state index contributed by atoms with van der Waals surface area (Å²) in [6.07, 6.45) is 16.4. The lowest BCUT2D eigenvalue weighted by Gasteiger charge is -2.03. The first kappa shape index (κ1) is 19.8. The number of carbonyl (C=O) groups is 1. The van der Waals surface area contributed by atoms with Crippen LogP contribution < -0.4 is 5.73 Å². The Balaban J connectivity index is 3.45. The quantitative estimate of drug-likeness (QED) is 0.303. The van der Waals surface area contributed by atoms with Crippen molar-refractivity contribution in [1.82, 2.24) is 0 Å². The Morgan fingerprint density at radius 3 is 2.14 bits per heavy atom. The first-order valence-corrected chi connectivity index (χ1v) is 8.27. The van der Waals surface area contributed by atoms with E-state index in [1.54, 1.807) is 7.11 Å². The summed E-state index contributed by atoms with van der Waals surface area (Å²) in [7, 11) is 1.72. The maximum absolute atomic E-state index is 10.6. The molecule has 0 heterocycles. The summed E-state index contributed by atoms with van der Waals surface area (Å²) in [5.74, 6) is 1.29. The third kappa shape index (κ3) is 15.0. The molecule has 0 spiro atoms. The second-order valence-electron chi connectivity index (χ2n) is 5.90. The van der Waals surface area contributed by atoms with Crippen molar-refractivity contribution < 1.29 is 9.53 Å². The maximum Gasteiger partial charge on any atom is 0.217 e. The fourth-order valence-corrected chi connectivity index (χ4v) is 2.16. The summed E-state index contributed by atoms with van der Waals surface area (Å²) >= 11 is 0. The van der Waals surface area contributed by atoms with Gasteiger partial charge in [-0.2, -0.15) is 0 Å². The Labute approximate surface area is 130 Å². The molecule has 0 aromatic carbocycles. The van der Waals surface area contributed by atoms with Gasteiger partial charge in [0, 0.05) is 6.42 Å². The van der Waals surface area contributed by atoms with Crippen LogP contribution in [0.4, 0.5) is 0 Å². The second kappa shape index (κ2) is 13.7. The third-order valence-corrected chi connectivity index (χ3v) is 3.31. The van der Waals surface area contributed by atoms with Gasteiger partial charge in [0.15, 0.2) is 0 Å². The van der Waals surface area contributed by atoms with Crippen molar-refractivity contribution >= 4 is 5.91 Å². The number of methoxy groups -OCH3 is 1. The molecule has 0 aliphatic heterocycles. The standard InChI is InChI=1S/C18H33NO2/c1-16(2)15-17(21-3)13-11-9-7-5-4-6-8-10-12-14-18(19)20/h11,13,15-16H,4-10,12,14H2,1-3H3,(H2,19,20)/b13-11-,17-15+. The topological polar surface area (TPSA) is 52.3 Å². The minimum absolute atomic E-state index is 0.177. The van der Waals surface area contributed by atoms with Crippen molar-refractivity contribution in [3.05, 3.63) is 24.0 Å². The van der Waals surface area contributed by atoms with Gasteiger partial charge >= 0.3 is 0 Å². The molecule has 0 fully saturated rings. The van der Waals surface area contributed by atoms with Crippen molar-refractivity contribution in [2.24, 2.45) is 11.7 Å². The Morgan fingerprint density at radius 2 is 1.62 bits per heavy atom. The van der Waals surface area contributed by atoms with Crippen LogP contribution in [0.2, 0.25) is 0 Å². The predicted octanol–water partition coefficient (Wildman–Crippen LogP) is 4.73. The van der Waals surface area contributed by atoms with E-state index in [0.29, 0.717) is 12.3 Å². The number of amides is 1. The first-order valence-electron chi connectivity index (χ1n) is 8.27. The van der Waals surface area contributed by atoms with Crippen LogP contribution in [0.25, 0.3) is 0 Å². The molecule has 0 aliphatic rings. The number of carbonyl (C=O) groups excluding carboxylic acids is 1. The molecule has 0 aromatic rings. The minimum Gasteiger partial charge on any atom is -0.497 e. The Morgan fingerprint density at radius 1 is 1.05 bits per heavy atom. The van der Waals surface area contributed by atoms with E-state index in [2.05, 4.69) is 32.1 Å². The predicted molar refractivity (Wildman–Crippen MR) is 89.8 cm³/mol. The van der Waals surface area contributed by atoms with Gasteiger partial charge in [-0.15, -0.1) is 0 Å². The Hall–Kier alpha value is -1.25. The normalized spacial score (nSPS) is 12.3. The van der Waals surface area contributed by atoms with Crippen molar-refractivity contribution in [1.29, 1.82) is 0 Å². The molecule has 2 N–H and O–H groups in total. The maximum atomic E-state index is 10.6. The number of unbranched alkanes of at least 4 members (excludes halogenated alkanes) is 7. The first-order chi connectivity index (χ1) is 10.1. The lowest BCUT2D eigenvalue weighted by molar-refractivity contribution is -0.118. The molecule has 0 rings (SSSR count). The molecule has 0 aromatic heterocycles. The van der Waals surface area contributed by atoms with E-state index >= 15 is 0 Å². The fourth-order valence-electron chi connectivity index (χ4n) is 2.16. The molecule has 122 valence electrons. The van der Waals surface area contributed by atoms with Crippen LogP contribution in [0.5, 0.6) is 0 Å². The fraction of sp³-hybridized carbons (Fsp3) is 0.722. The molecule has 21 heavy (non-hydrogen) atoms. The van der Waals surface area contributed by atoms with Gasteiger partial charge in [-0.05, 0) is 37.3 Å². The van der Waals surface area contributed by atoms with E-state index in [1.807, 2.05) is 0 Å². The van der Waals surface area contributed by atoms with E-state index in [-0.39, 0.29) is 5.91 Å². The van der Waals surface area contributed by atoms with Gasteiger partial charge in [0.1, 0.15) is 5.76 Å². The van der Waals surface area contributed by atoms with Gasteiger partial charge < -0.3 is 10.5 Å². The highest BCUT2D eigenvalue weighted by Crippen LogP contribution is 2.11. The Kier molecular flexibility index (Phi) is 12.9. The van der Waals surface area contributed by atoms with Crippen molar-refractivity contribution in [2.75, 3.05) is 7.11 Å². The van der Waals surface area contributed by atoms with Crippen LogP contribution in [-0.2, 0) is 9.53 Å². The molecule has 0 bridgehead atoms. The molecule has 0 aliphatic carbocycles. The van der Waals surface area contributed by atoms with Crippen LogP contribution in [-0.4, -0.2) is 13.0 Å². The summed E-state index contributed by atoms with van der Waals surface area (Å²) in [6, 6.07) is 0. The van der Waals surface area contributed by atoms with Crippen LogP contribution in [0.1, 0.15) is 71.6 Å². The zero-order chi connectivity index (χ0) is 15.9. The number of hydrogen-bond donors (Lipinski definition) is 1. The molecule has 3 nitrogen and oxygen atoms in total. The highest BCUT2D eigenvalue weighted by molar-refractivity contribution is 5.73. The summed E-state index contributed by atoms with van der Waals surface area (Å²) in [4.78, 5) is 10.6. The number of ether oxygens (including phenoxy) is 1. The highest BCUT2D eigenvalue weighted by Gasteiger charge is 1.95. The average molecular weight is 295 g/mol. The van der Waals surface area contributed by atoms with Crippen molar-refractivity contribution in [3.63, 3.8) is 0 Å². The second-order valence-corrected chi connectivity index (χ2v) is 5.90. The number of nitrogens with two attached hydrogens (primary N) is 1. The lowest BCUT2D eigenvalue weighted by Crippen LogP contribution is -2.09. The molecular weight excluding hydrogens is 262 g/mol. The van der Waals surface area contributed by atoms with E-state index < -0.39 is 0 Å². The van der Waals surface area contributed by atoms with E-state index in [1.165, 1.54) is 32.1 Å².